The van der Waals surface area contributed by atoms with Crippen molar-refractivity contribution in [2.24, 2.45) is 0 Å². The van der Waals surface area contributed by atoms with Gasteiger partial charge in [-0.05, 0) is 38.8 Å². The highest BCUT2D eigenvalue weighted by molar-refractivity contribution is 5.77. The van der Waals surface area contributed by atoms with Crippen LogP contribution in [0.1, 0.15) is 39.5 Å². The van der Waals surface area contributed by atoms with Gasteiger partial charge in [0.15, 0.2) is 0 Å². The lowest BCUT2D eigenvalue weighted by molar-refractivity contribution is -0.139. The van der Waals surface area contributed by atoms with Gasteiger partial charge in [-0.25, -0.2) is 0 Å². The van der Waals surface area contributed by atoms with Gasteiger partial charge < -0.3 is 15.0 Å². The Bertz CT molecular complexity index is 223. The molecule has 100 valence electrons. The lowest BCUT2D eigenvalue weighted by Crippen LogP contribution is -2.40. The molecule has 1 heterocycles. The first-order chi connectivity index (χ1) is 8.19. The van der Waals surface area contributed by atoms with Gasteiger partial charge >= 0.3 is 0 Å². The van der Waals surface area contributed by atoms with Crippen LogP contribution >= 0.6 is 0 Å². The zero-order valence-electron chi connectivity index (χ0n) is 11.4. The van der Waals surface area contributed by atoms with Crippen molar-refractivity contribution in [2.75, 3.05) is 26.7 Å². The van der Waals surface area contributed by atoms with Gasteiger partial charge in [0.25, 0.3) is 0 Å². The fraction of sp³-hybridized carbons (Fsp3) is 0.923. The molecule has 1 amide bonds. The van der Waals surface area contributed by atoms with E-state index in [1.807, 2.05) is 11.9 Å². The Kier molecular flexibility index (Phi) is 6.52. The van der Waals surface area contributed by atoms with Crippen molar-refractivity contribution in [3.8, 4) is 0 Å². The van der Waals surface area contributed by atoms with Crippen LogP contribution in [-0.4, -0.2) is 49.7 Å². The third kappa shape index (κ3) is 4.64. The summed E-state index contributed by atoms with van der Waals surface area (Å²) in [7, 11) is 1.88. The Morgan fingerprint density at radius 1 is 1.35 bits per heavy atom. The van der Waals surface area contributed by atoms with Crippen molar-refractivity contribution in [1.29, 1.82) is 0 Å². The fourth-order valence-electron chi connectivity index (χ4n) is 2.29. The van der Waals surface area contributed by atoms with E-state index in [-0.39, 0.29) is 18.6 Å². The van der Waals surface area contributed by atoms with Crippen LogP contribution in [0.5, 0.6) is 0 Å². The Morgan fingerprint density at radius 3 is 2.47 bits per heavy atom. The summed E-state index contributed by atoms with van der Waals surface area (Å²) in [6, 6.07) is 0.346. The van der Waals surface area contributed by atoms with Gasteiger partial charge in [0, 0.05) is 13.1 Å². The van der Waals surface area contributed by atoms with Gasteiger partial charge in [-0.2, -0.15) is 0 Å². The molecule has 17 heavy (non-hydrogen) atoms. The average Bonchev–Trinajstić information content (AvgIpc) is 2.38. The van der Waals surface area contributed by atoms with E-state index in [0.717, 1.165) is 38.8 Å². The molecule has 4 nitrogen and oxygen atoms in total. The first-order valence-electron chi connectivity index (χ1n) is 6.77. The number of likely N-dealkylation sites (N-methyl/N-ethyl adjacent to an activating group) is 1. The van der Waals surface area contributed by atoms with Crippen molar-refractivity contribution < 1.29 is 9.53 Å². The molecule has 0 aromatic carbocycles. The molecule has 0 aromatic rings. The summed E-state index contributed by atoms with van der Waals surface area (Å²) in [5.41, 5.74) is 0. The lowest BCUT2D eigenvalue weighted by Gasteiger charge is -2.28. The van der Waals surface area contributed by atoms with E-state index in [1.54, 1.807) is 0 Å². The molecule has 0 unspecified atom stereocenters. The molecule has 1 saturated heterocycles. The van der Waals surface area contributed by atoms with E-state index in [1.165, 1.54) is 0 Å². The zero-order valence-corrected chi connectivity index (χ0v) is 11.4. The zero-order chi connectivity index (χ0) is 12.7. The van der Waals surface area contributed by atoms with Crippen LogP contribution in [0.4, 0.5) is 0 Å². The third-order valence-electron chi connectivity index (χ3n) is 3.61. The van der Waals surface area contributed by atoms with E-state index in [4.69, 9.17) is 4.74 Å². The van der Waals surface area contributed by atoms with Crippen LogP contribution in [0.3, 0.4) is 0 Å². The summed E-state index contributed by atoms with van der Waals surface area (Å²) in [4.78, 5) is 13.8. The minimum atomic E-state index is 0.109. The number of nitrogens with one attached hydrogen (secondary N) is 1. The van der Waals surface area contributed by atoms with Crippen molar-refractivity contribution in [3.05, 3.63) is 0 Å². The smallest absolute Gasteiger partial charge is 0.248 e. The molecule has 4 heteroatoms. The predicted octanol–water partition coefficient (Wildman–Crippen LogP) is 1.40. The maximum atomic E-state index is 11.9. The van der Waals surface area contributed by atoms with Crippen molar-refractivity contribution in [3.63, 3.8) is 0 Å². The molecular formula is C13H26N2O2. The van der Waals surface area contributed by atoms with Gasteiger partial charge in [0.2, 0.25) is 5.91 Å². The second-order valence-corrected chi connectivity index (χ2v) is 4.74. The molecular weight excluding hydrogens is 216 g/mol. The largest absolute Gasteiger partial charge is 0.368 e. The quantitative estimate of drug-likeness (QED) is 0.765. The summed E-state index contributed by atoms with van der Waals surface area (Å²) in [5.74, 6) is 0.109. The molecule has 0 aromatic heterocycles. The highest BCUT2D eigenvalue weighted by Crippen LogP contribution is 2.09. The first-order valence-corrected chi connectivity index (χ1v) is 6.77. The van der Waals surface area contributed by atoms with E-state index < -0.39 is 0 Å². The maximum absolute atomic E-state index is 11.9. The molecule has 0 atom stereocenters. The second-order valence-electron chi connectivity index (χ2n) is 4.74. The highest BCUT2D eigenvalue weighted by Gasteiger charge is 2.19. The van der Waals surface area contributed by atoms with Crippen LogP contribution in [0.25, 0.3) is 0 Å². The summed E-state index contributed by atoms with van der Waals surface area (Å²) in [5, 5.41) is 3.29. The number of nitrogens with zero attached hydrogens (tertiary/aromatic N) is 1. The SMILES string of the molecule is CCC(CC)N(C)C(=O)COC1CCNCC1. The summed E-state index contributed by atoms with van der Waals surface area (Å²) in [6.45, 7) is 6.47. The van der Waals surface area contributed by atoms with Gasteiger partial charge in [-0.1, -0.05) is 13.8 Å². The Hall–Kier alpha value is -0.610. The van der Waals surface area contributed by atoms with Crippen molar-refractivity contribution >= 4 is 5.91 Å². The second kappa shape index (κ2) is 7.67. The number of hydrogen-bond donors (Lipinski definition) is 1. The van der Waals surface area contributed by atoms with Gasteiger partial charge in [-0.3, -0.25) is 4.79 Å². The van der Waals surface area contributed by atoms with Crippen LogP contribution in [0.2, 0.25) is 0 Å². The Labute approximate surface area is 105 Å². The van der Waals surface area contributed by atoms with E-state index >= 15 is 0 Å². The van der Waals surface area contributed by atoms with E-state index in [2.05, 4.69) is 19.2 Å². The summed E-state index contributed by atoms with van der Waals surface area (Å²) >= 11 is 0. The third-order valence-corrected chi connectivity index (χ3v) is 3.61. The van der Waals surface area contributed by atoms with Crippen LogP contribution < -0.4 is 5.32 Å². The number of carbonyl (C=O) groups is 1. The average molecular weight is 242 g/mol. The molecule has 1 fully saturated rings. The molecule has 0 radical (unpaired) electrons. The van der Waals surface area contributed by atoms with Gasteiger partial charge in [-0.15, -0.1) is 0 Å². The minimum Gasteiger partial charge on any atom is -0.368 e. The summed E-state index contributed by atoms with van der Waals surface area (Å²) in [6.07, 6.45) is 4.30. The van der Waals surface area contributed by atoms with Crippen LogP contribution in [0, 0.1) is 0 Å². The molecule has 1 rings (SSSR count). The maximum Gasteiger partial charge on any atom is 0.248 e. The fourth-order valence-corrected chi connectivity index (χ4v) is 2.29. The molecule has 1 aliphatic heterocycles. The van der Waals surface area contributed by atoms with Gasteiger partial charge in [0.1, 0.15) is 6.61 Å². The molecule has 0 saturated carbocycles. The minimum absolute atomic E-state index is 0.109. The normalized spacial score (nSPS) is 17.4. The monoisotopic (exact) mass is 242 g/mol. The van der Waals surface area contributed by atoms with Gasteiger partial charge in [0.05, 0.1) is 6.10 Å². The number of ether oxygens (including phenoxy) is 1. The number of hydrogen-bond acceptors (Lipinski definition) is 3. The lowest BCUT2D eigenvalue weighted by atomic mass is 10.1. The topological polar surface area (TPSA) is 41.6 Å². The number of amides is 1. The van der Waals surface area contributed by atoms with Crippen LogP contribution in [0.15, 0.2) is 0 Å². The molecule has 1 N–H and O–H groups in total. The number of carbonyl (C=O) groups excluding carboxylic acids is 1. The van der Waals surface area contributed by atoms with Crippen molar-refractivity contribution in [2.45, 2.75) is 51.7 Å². The Balaban J connectivity index is 2.27. The first kappa shape index (κ1) is 14.5. The molecule has 0 bridgehead atoms. The van der Waals surface area contributed by atoms with Crippen LogP contribution in [-0.2, 0) is 9.53 Å². The molecule has 0 aliphatic carbocycles. The number of piperidine rings is 1. The summed E-state index contributed by atoms with van der Waals surface area (Å²) < 4.78 is 5.67. The standard InChI is InChI=1S/C13H26N2O2/c1-4-11(5-2)15(3)13(16)10-17-12-6-8-14-9-7-12/h11-12,14H,4-10H2,1-3H3. The number of rotatable bonds is 6. The molecule has 0 spiro atoms. The molecule has 1 aliphatic rings. The van der Waals surface area contributed by atoms with E-state index in [0.29, 0.717) is 6.04 Å². The van der Waals surface area contributed by atoms with E-state index in [9.17, 15) is 4.79 Å². The predicted molar refractivity (Wildman–Crippen MR) is 69.0 cm³/mol. The van der Waals surface area contributed by atoms with Crippen molar-refractivity contribution in [1.82, 2.24) is 10.2 Å². The highest BCUT2D eigenvalue weighted by atomic mass is 16.5. The Morgan fingerprint density at radius 2 is 1.94 bits per heavy atom.